The van der Waals surface area contributed by atoms with E-state index in [9.17, 15) is 18.5 Å². The first-order valence-corrected chi connectivity index (χ1v) is 7.56. The maximum Gasteiger partial charge on any atom is 0.297 e. The Kier molecular flexibility index (Phi) is 4.28. The quantitative estimate of drug-likeness (QED) is 0.460. The Hall–Kier alpha value is -1.55. The van der Waals surface area contributed by atoms with Gasteiger partial charge in [0.2, 0.25) is 0 Å². The van der Waals surface area contributed by atoms with E-state index in [4.69, 9.17) is 13.7 Å². The largest absolute Gasteiger partial charge is 0.348 e. The van der Waals surface area contributed by atoms with E-state index in [2.05, 4.69) is 0 Å². The lowest BCUT2D eigenvalue weighted by Crippen LogP contribution is -2.25. The van der Waals surface area contributed by atoms with Crippen LogP contribution < -0.4 is 0 Å². The summed E-state index contributed by atoms with van der Waals surface area (Å²) in [5, 5.41) is 10.7. The van der Waals surface area contributed by atoms with Gasteiger partial charge in [-0.1, -0.05) is 6.07 Å². The van der Waals surface area contributed by atoms with Crippen LogP contribution in [0.3, 0.4) is 0 Å². The van der Waals surface area contributed by atoms with Gasteiger partial charge in [-0.25, -0.2) is 0 Å². The summed E-state index contributed by atoms with van der Waals surface area (Å²) in [5.41, 5.74) is -0.318. The maximum atomic E-state index is 12.0. The van der Waals surface area contributed by atoms with E-state index in [0.717, 1.165) is 6.07 Å². The summed E-state index contributed by atoms with van der Waals surface area (Å²) in [6, 6.07) is 4.67. The minimum Gasteiger partial charge on any atom is -0.348 e. The molecule has 1 aromatic carbocycles. The van der Waals surface area contributed by atoms with Gasteiger partial charge in [-0.3, -0.25) is 14.3 Å². The van der Waals surface area contributed by atoms with Crippen molar-refractivity contribution >= 4 is 15.8 Å². The third-order valence-electron chi connectivity index (χ3n) is 2.79. The predicted octanol–water partition coefficient (Wildman–Crippen LogP) is 1.45. The Morgan fingerprint density at radius 1 is 1.48 bits per heavy atom. The molecular formula is C12H15NO7S. The fourth-order valence-corrected chi connectivity index (χ4v) is 2.81. The number of benzene rings is 1. The van der Waals surface area contributed by atoms with Crippen molar-refractivity contribution in [3.05, 3.63) is 34.4 Å². The highest BCUT2D eigenvalue weighted by atomic mass is 32.2. The number of nitrogens with zero attached hydrogens (tertiary/aromatic N) is 1. The summed E-state index contributed by atoms with van der Waals surface area (Å²) in [5.74, 6) is -0.774. The number of ether oxygens (including phenoxy) is 2. The van der Waals surface area contributed by atoms with E-state index in [1.165, 1.54) is 18.2 Å². The summed E-state index contributed by atoms with van der Waals surface area (Å²) in [4.78, 5) is 9.71. The van der Waals surface area contributed by atoms with E-state index >= 15 is 0 Å². The minimum absolute atomic E-state index is 0.214. The highest BCUT2D eigenvalue weighted by Gasteiger charge is 2.34. The van der Waals surface area contributed by atoms with Crippen LogP contribution in [0.4, 0.5) is 5.69 Å². The van der Waals surface area contributed by atoms with Gasteiger partial charge in [0.15, 0.2) is 5.79 Å². The zero-order chi connectivity index (χ0) is 15.7. The molecule has 0 spiro atoms. The van der Waals surface area contributed by atoms with Crippen LogP contribution in [0.15, 0.2) is 29.2 Å². The zero-order valence-electron chi connectivity index (χ0n) is 11.5. The van der Waals surface area contributed by atoms with Gasteiger partial charge in [0, 0.05) is 12.1 Å². The molecule has 0 aliphatic carbocycles. The highest BCUT2D eigenvalue weighted by molar-refractivity contribution is 7.86. The van der Waals surface area contributed by atoms with Crippen molar-refractivity contribution in [3.8, 4) is 0 Å². The molecule has 0 saturated carbocycles. The average molecular weight is 317 g/mol. The Bertz CT molecular complexity index is 641. The van der Waals surface area contributed by atoms with Crippen LogP contribution in [0.1, 0.15) is 13.8 Å². The fraction of sp³-hybridized carbons (Fsp3) is 0.500. The normalized spacial score (nSPS) is 21.3. The molecule has 1 aliphatic heterocycles. The molecule has 0 aromatic heterocycles. The van der Waals surface area contributed by atoms with Crippen LogP contribution in [0.5, 0.6) is 0 Å². The highest BCUT2D eigenvalue weighted by Crippen LogP contribution is 2.24. The monoisotopic (exact) mass is 317 g/mol. The van der Waals surface area contributed by atoms with E-state index in [-0.39, 0.29) is 23.8 Å². The van der Waals surface area contributed by atoms with Gasteiger partial charge in [-0.15, -0.1) is 0 Å². The number of rotatable bonds is 5. The SMILES string of the molecule is CC1(C)OC[C@H](COS(=O)(=O)c2cccc([N+](=O)[O-])c2)O1. The standard InChI is InChI=1S/C12H15NO7S/c1-12(2)18-7-10(20-12)8-19-21(16,17)11-5-3-4-9(6-11)13(14)15/h3-6,10H,7-8H2,1-2H3/t10-/m1/s1. The summed E-state index contributed by atoms with van der Waals surface area (Å²) in [7, 11) is -4.08. The predicted molar refractivity (Wildman–Crippen MR) is 71.1 cm³/mol. The zero-order valence-corrected chi connectivity index (χ0v) is 12.3. The van der Waals surface area contributed by atoms with E-state index in [1.807, 2.05) is 0 Å². The van der Waals surface area contributed by atoms with Gasteiger partial charge in [-0.05, 0) is 19.9 Å². The van der Waals surface area contributed by atoms with Gasteiger partial charge in [0.25, 0.3) is 15.8 Å². The smallest absolute Gasteiger partial charge is 0.297 e. The molecule has 0 amide bonds. The molecule has 2 rings (SSSR count). The first kappa shape index (κ1) is 15.8. The first-order chi connectivity index (χ1) is 9.70. The van der Waals surface area contributed by atoms with Crippen LogP contribution in [0.2, 0.25) is 0 Å². The lowest BCUT2D eigenvalue weighted by molar-refractivity contribution is -0.385. The van der Waals surface area contributed by atoms with Gasteiger partial charge >= 0.3 is 0 Å². The molecule has 21 heavy (non-hydrogen) atoms. The van der Waals surface area contributed by atoms with Crippen LogP contribution >= 0.6 is 0 Å². The van der Waals surface area contributed by atoms with Crippen molar-refractivity contribution < 1.29 is 27.0 Å². The molecule has 0 bridgehead atoms. The maximum absolute atomic E-state index is 12.0. The molecule has 9 heteroatoms. The first-order valence-electron chi connectivity index (χ1n) is 6.15. The van der Waals surface area contributed by atoms with Crippen molar-refractivity contribution in [2.75, 3.05) is 13.2 Å². The topological polar surface area (TPSA) is 105 Å². The molecule has 1 heterocycles. The molecule has 1 aromatic rings. The second-order valence-corrected chi connectivity index (χ2v) is 6.56. The van der Waals surface area contributed by atoms with Gasteiger partial charge < -0.3 is 9.47 Å². The average Bonchev–Trinajstić information content (AvgIpc) is 2.76. The fourth-order valence-electron chi connectivity index (χ4n) is 1.83. The van der Waals surface area contributed by atoms with E-state index in [0.29, 0.717) is 0 Å². The van der Waals surface area contributed by atoms with Crippen molar-refractivity contribution in [2.24, 2.45) is 0 Å². The molecule has 0 unspecified atom stereocenters. The molecule has 0 N–H and O–H groups in total. The van der Waals surface area contributed by atoms with E-state index < -0.39 is 26.9 Å². The lowest BCUT2D eigenvalue weighted by Gasteiger charge is -2.16. The minimum atomic E-state index is -4.08. The van der Waals surface area contributed by atoms with E-state index in [1.54, 1.807) is 13.8 Å². The number of nitro groups is 1. The van der Waals surface area contributed by atoms with Crippen LogP contribution in [-0.2, 0) is 23.8 Å². The van der Waals surface area contributed by atoms with Crippen molar-refractivity contribution in [3.63, 3.8) is 0 Å². The second-order valence-electron chi connectivity index (χ2n) is 4.94. The molecule has 8 nitrogen and oxygen atoms in total. The van der Waals surface area contributed by atoms with Crippen molar-refractivity contribution in [2.45, 2.75) is 30.6 Å². The van der Waals surface area contributed by atoms with Crippen LogP contribution in [-0.4, -0.2) is 38.4 Å². The second kappa shape index (κ2) is 5.68. The summed E-state index contributed by atoms with van der Waals surface area (Å²) < 4.78 is 39.6. The van der Waals surface area contributed by atoms with Crippen molar-refractivity contribution in [1.82, 2.24) is 0 Å². The lowest BCUT2D eigenvalue weighted by atomic mass is 10.3. The molecule has 0 radical (unpaired) electrons. The molecule has 116 valence electrons. The van der Waals surface area contributed by atoms with Crippen LogP contribution in [0.25, 0.3) is 0 Å². The number of nitro benzene ring substituents is 1. The van der Waals surface area contributed by atoms with Gasteiger partial charge in [0.1, 0.15) is 11.0 Å². The summed E-state index contributed by atoms with van der Waals surface area (Å²) in [6.45, 7) is 3.43. The summed E-state index contributed by atoms with van der Waals surface area (Å²) >= 11 is 0. The molecular weight excluding hydrogens is 302 g/mol. The Labute approximate surface area is 121 Å². The molecule has 1 fully saturated rings. The number of non-ortho nitro benzene ring substituents is 1. The number of hydrogen-bond acceptors (Lipinski definition) is 7. The Morgan fingerprint density at radius 3 is 2.76 bits per heavy atom. The molecule has 1 aliphatic rings. The van der Waals surface area contributed by atoms with Crippen LogP contribution in [0, 0.1) is 10.1 Å². The van der Waals surface area contributed by atoms with Crippen molar-refractivity contribution in [1.29, 1.82) is 0 Å². The molecule has 1 atom stereocenters. The van der Waals surface area contributed by atoms with Gasteiger partial charge in [-0.2, -0.15) is 8.42 Å². The molecule has 1 saturated heterocycles. The van der Waals surface area contributed by atoms with Gasteiger partial charge in [0.05, 0.1) is 18.1 Å². The third-order valence-corrected chi connectivity index (χ3v) is 4.07. The Morgan fingerprint density at radius 2 is 2.19 bits per heavy atom. The Balaban J connectivity index is 2.05. The summed E-state index contributed by atoms with van der Waals surface area (Å²) in [6.07, 6.45) is -0.506. The third kappa shape index (κ3) is 3.97. The number of hydrogen-bond donors (Lipinski definition) is 0.